The number of nitrogens with one attached hydrogen (secondary N) is 3. The van der Waals surface area contributed by atoms with Crippen molar-refractivity contribution < 1.29 is 12.8 Å². The Balaban J connectivity index is 2.33. The van der Waals surface area contributed by atoms with E-state index in [0.29, 0.717) is 23.1 Å². The third-order valence-corrected chi connectivity index (χ3v) is 4.74. The van der Waals surface area contributed by atoms with E-state index in [0.717, 1.165) is 0 Å². The van der Waals surface area contributed by atoms with Crippen molar-refractivity contribution in [2.45, 2.75) is 18.5 Å². The van der Waals surface area contributed by atoms with E-state index in [9.17, 15) is 12.8 Å². The molecule has 2 aromatic rings. The highest BCUT2D eigenvalue weighted by Crippen LogP contribution is 2.27. The lowest BCUT2D eigenvalue weighted by molar-refractivity contribution is 0.592. The number of hydrogen-bond acceptors (Lipinski definition) is 4. The van der Waals surface area contributed by atoms with Gasteiger partial charge in [0.2, 0.25) is 0 Å². The number of benzene rings is 1. The van der Waals surface area contributed by atoms with E-state index >= 15 is 0 Å². The summed E-state index contributed by atoms with van der Waals surface area (Å²) in [6.07, 6.45) is 1.42. The molecule has 0 aliphatic heterocycles. The predicted molar refractivity (Wildman–Crippen MR) is 80.9 cm³/mol. The molecular weight excluding hydrogens is 363 g/mol. The summed E-state index contributed by atoms with van der Waals surface area (Å²) in [5.41, 5.74) is 0.346. The SMILES string of the molecule is CCNCc1cn[nH]c1S(=O)(=O)Nc1c(F)cccc1Br. The fraction of sp³-hybridized carbons (Fsp3) is 0.250. The molecule has 3 N–H and O–H groups in total. The summed E-state index contributed by atoms with van der Waals surface area (Å²) in [5.74, 6) is -0.666. The van der Waals surface area contributed by atoms with Crippen molar-refractivity contribution in [2.75, 3.05) is 11.3 Å². The summed E-state index contributed by atoms with van der Waals surface area (Å²) in [4.78, 5) is 0. The number of aromatic nitrogens is 2. The van der Waals surface area contributed by atoms with Gasteiger partial charge in [-0.05, 0) is 34.6 Å². The Morgan fingerprint density at radius 1 is 1.43 bits per heavy atom. The van der Waals surface area contributed by atoms with Crippen molar-refractivity contribution in [2.24, 2.45) is 0 Å². The average Bonchev–Trinajstić information content (AvgIpc) is 2.90. The Hall–Kier alpha value is -1.45. The molecule has 1 heterocycles. The second kappa shape index (κ2) is 6.54. The number of sulfonamides is 1. The van der Waals surface area contributed by atoms with Gasteiger partial charge in [-0.15, -0.1) is 0 Å². The summed E-state index contributed by atoms with van der Waals surface area (Å²) >= 11 is 3.12. The summed E-state index contributed by atoms with van der Waals surface area (Å²) < 4.78 is 41.0. The van der Waals surface area contributed by atoms with Crippen molar-refractivity contribution >= 4 is 31.6 Å². The molecule has 0 saturated carbocycles. The maximum absolute atomic E-state index is 13.7. The van der Waals surface area contributed by atoms with Crippen molar-refractivity contribution in [3.8, 4) is 0 Å². The highest BCUT2D eigenvalue weighted by molar-refractivity contribution is 9.10. The lowest BCUT2D eigenvalue weighted by Gasteiger charge is -2.10. The Kier molecular flexibility index (Phi) is 4.96. The molecule has 0 amide bonds. The van der Waals surface area contributed by atoms with Gasteiger partial charge in [-0.3, -0.25) is 9.82 Å². The van der Waals surface area contributed by atoms with Crippen LogP contribution in [-0.4, -0.2) is 25.2 Å². The van der Waals surface area contributed by atoms with Crippen molar-refractivity contribution in [1.82, 2.24) is 15.5 Å². The maximum Gasteiger partial charge on any atom is 0.279 e. The van der Waals surface area contributed by atoms with E-state index in [1.807, 2.05) is 6.92 Å². The van der Waals surface area contributed by atoms with Crippen LogP contribution in [-0.2, 0) is 16.6 Å². The number of nitrogens with zero attached hydrogens (tertiary/aromatic N) is 1. The Morgan fingerprint density at radius 3 is 2.86 bits per heavy atom. The Bertz CT molecular complexity index is 712. The highest BCUT2D eigenvalue weighted by atomic mass is 79.9. The minimum absolute atomic E-state index is 0.0846. The molecule has 9 heteroatoms. The molecule has 1 aromatic heterocycles. The zero-order valence-electron chi connectivity index (χ0n) is 11.2. The number of H-pyrrole nitrogens is 1. The maximum atomic E-state index is 13.7. The summed E-state index contributed by atoms with van der Waals surface area (Å²) in [5, 5.41) is 9.10. The molecule has 1 aromatic carbocycles. The van der Waals surface area contributed by atoms with Gasteiger partial charge in [0.05, 0.1) is 11.9 Å². The molecule has 0 aliphatic carbocycles. The number of aromatic amines is 1. The van der Waals surface area contributed by atoms with Crippen LogP contribution >= 0.6 is 15.9 Å². The van der Waals surface area contributed by atoms with Crippen LogP contribution in [0.3, 0.4) is 0 Å². The first kappa shape index (κ1) is 15.9. The van der Waals surface area contributed by atoms with Gasteiger partial charge < -0.3 is 5.32 Å². The minimum atomic E-state index is -3.95. The molecular formula is C12H14BrFN4O2S. The van der Waals surface area contributed by atoms with Gasteiger partial charge in [-0.25, -0.2) is 4.39 Å². The van der Waals surface area contributed by atoms with Gasteiger partial charge in [0.15, 0.2) is 5.03 Å². The van der Waals surface area contributed by atoms with E-state index in [-0.39, 0.29) is 10.7 Å². The number of halogens is 2. The molecule has 0 saturated heterocycles. The van der Waals surface area contributed by atoms with Gasteiger partial charge in [0.25, 0.3) is 10.0 Å². The Morgan fingerprint density at radius 2 is 2.19 bits per heavy atom. The van der Waals surface area contributed by atoms with Crippen LogP contribution in [0.15, 0.2) is 33.9 Å². The first-order valence-electron chi connectivity index (χ1n) is 6.15. The fourth-order valence-corrected chi connectivity index (χ4v) is 3.49. The van der Waals surface area contributed by atoms with Gasteiger partial charge in [-0.1, -0.05) is 13.0 Å². The molecule has 21 heavy (non-hydrogen) atoms. The number of anilines is 1. The molecule has 0 aliphatic rings. The van der Waals surface area contributed by atoms with Gasteiger partial charge in [0, 0.05) is 16.6 Å². The lowest BCUT2D eigenvalue weighted by atomic mass is 10.3. The summed E-state index contributed by atoms with van der Waals surface area (Å²) in [6, 6.07) is 4.20. The van der Waals surface area contributed by atoms with Crippen LogP contribution in [0.4, 0.5) is 10.1 Å². The molecule has 0 bridgehead atoms. The third kappa shape index (κ3) is 3.60. The minimum Gasteiger partial charge on any atom is -0.313 e. The van der Waals surface area contributed by atoms with Crippen molar-refractivity contribution in [3.05, 3.63) is 40.2 Å². The standard InChI is InChI=1S/C12H14BrFN4O2S/c1-2-15-6-8-7-16-17-12(8)21(19,20)18-11-9(13)4-3-5-10(11)14/h3-5,7,15,18H,2,6H2,1H3,(H,16,17). The second-order valence-electron chi connectivity index (χ2n) is 4.21. The van der Waals surface area contributed by atoms with Crippen LogP contribution in [0.5, 0.6) is 0 Å². The molecule has 0 unspecified atom stereocenters. The van der Waals surface area contributed by atoms with Gasteiger partial charge in [0.1, 0.15) is 5.82 Å². The number of rotatable bonds is 6. The number of hydrogen-bond donors (Lipinski definition) is 3. The van der Waals surface area contributed by atoms with E-state index in [1.165, 1.54) is 18.3 Å². The normalized spacial score (nSPS) is 11.6. The van der Waals surface area contributed by atoms with Crippen LogP contribution < -0.4 is 10.0 Å². The van der Waals surface area contributed by atoms with Gasteiger partial charge >= 0.3 is 0 Å². The van der Waals surface area contributed by atoms with Crippen LogP contribution in [0.2, 0.25) is 0 Å². The average molecular weight is 377 g/mol. The van der Waals surface area contributed by atoms with Gasteiger partial charge in [-0.2, -0.15) is 13.5 Å². The molecule has 114 valence electrons. The van der Waals surface area contributed by atoms with Crippen molar-refractivity contribution in [1.29, 1.82) is 0 Å². The summed E-state index contributed by atoms with van der Waals surface area (Å²) in [6.45, 7) is 2.95. The molecule has 6 nitrogen and oxygen atoms in total. The quantitative estimate of drug-likeness (QED) is 0.721. The largest absolute Gasteiger partial charge is 0.313 e. The van der Waals surface area contributed by atoms with Crippen molar-refractivity contribution in [3.63, 3.8) is 0 Å². The Labute approximate surface area is 130 Å². The first-order valence-corrected chi connectivity index (χ1v) is 8.43. The third-order valence-electron chi connectivity index (χ3n) is 2.71. The van der Waals surface area contributed by atoms with E-state index in [4.69, 9.17) is 0 Å². The lowest BCUT2D eigenvalue weighted by Crippen LogP contribution is -2.19. The predicted octanol–water partition coefficient (Wildman–Crippen LogP) is 2.22. The van der Waals surface area contributed by atoms with Crippen LogP contribution in [0.25, 0.3) is 0 Å². The fourth-order valence-electron chi connectivity index (χ4n) is 1.70. The monoisotopic (exact) mass is 376 g/mol. The topological polar surface area (TPSA) is 86.9 Å². The van der Waals surface area contributed by atoms with Crippen LogP contribution in [0.1, 0.15) is 12.5 Å². The van der Waals surface area contributed by atoms with E-state index in [1.54, 1.807) is 6.07 Å². The molecule has 2 rings (SSSR count). The molecule has 0 radical (unpaired) electrons. The van der Waals surface area contributed by atoms with Crippen LogP contribution in [0, 0.1) is 5.82 Å². The first-order chi connectivity index (χ1) is 9.95. The zero-order valence-corrected chi connectivity index (χ0v) is 13.6. The van der Waals surface area contributed by atoms with E-state index in [2.05, 4.69) is 36.2 Å². The molecule has 0 spiro atoms. The zero-order chi connectivity index (χ0) is 15.5. The second-order valence-corrected chi connectivity index (χ2v) is 6.68. The smallest absolute Gasteiger partial charge is 0.279 e. The number of para-hydroxylation sites is 1. The highest BCUT2D eigenvalue weighted by Gasteiger charge is 2.23. The van der Waals surface area contributed by atoms with E-state index < -0.39 is 15.8 Å². The molecule has 0 atom stereocenters. The summed E-state index contributed by atoms with van der Waals surface area (Å²) in [7, 11) is -3.95. The molecule has 0 fully saturated rings.